The number of ketones is 1. The Hall–Kier alpha value is -0.793. The highest BCUT2D eigenvalue weighted by Crippen LogP contribution is 2.71. The van der Waals surface area contributed by atoms with Crippen LogP contribution in [0.2, 0.25) is 18.1 Å². The van der Waals surface area contributed by atoms with E-state index in [9.17, 15) is 15.0 Å². The Balaban J connectivity index is 1.87. The molecule has 8 atom stereocenters. The highest BCUT2D eigenvalue weighted by atomic mass is 28.4. The third kappa shape index (κ3) is 3.13. The highest BCUT2D eigenvalue weighted by molar-refractivity contribution is 6.74. The molecule has 2 fully saturated rings. The van der Waals surface area contributed by atoms with E-state index in [1.165, 1.54) is 0 Å². The lowest BCUT2D eigenvalue weighted by atomic mass is 9.59. The normalized spacial score (nSPS) is 44.3. The van der Waals surface area contributed by atoms with Crippen molar-refractivity contribution in [1.82, 2.24) is 0 Å². The van der Waals surface area contributed by atoms with Crippen LogP contribution in [-0.2, 0) is 14.0 Å². The largest absolute Gasteiger partial charge is 0.413 e. The maximum absolute atomic E-state index is 14.4. The number of Topliss-reactive ketones (excluding diaryl/α,β-unsaturated/α-hetero) is 1. The maximum atomic E-state index is 14.4. The van der Waals surface area contributed by atoms with Gasteiger partial charge >= 0.3 is 0 Å². The van der Waals surface area contributed by atoms with Gasteiger partial charge in [0.05, 0.1) is 12.0 Å². The molecular formula is C27H44O5Si. The molecule has 0 radical (unpaired) electrons. The number of carbonyl (C=O) groups is 1. The summed E-state index contributed by atoms with van der Waals surface area (Å²) in [5.74, 6) is 0.286. The molecule has 1 spiro atoms. The second-order valence-electron chi connectivity index (χ2n) is 13.4. The van der Waals surface area contributed by atoms with Gasteiger partial charge in [-0.3, -0.25) is 4.79 Å². The van der Waals surface area contributed by atoms with Crippen molar-refractivity contribution in [3.05, 3.63) is 23.3 Å². The summed E-state index contributed by atoms with van der Waals surface area (Å²) >= 11 is 0. The molecular weight excluding hydrogens is 432 g/mol. The van der Waals surface area contributed by atoms with E-state index in [1.54, 1.807) is 7.11 Å². The van der Waals surface area contributed by atoms with Gasteiger partial charge < -0.3 is 19.4 Å². The van der Waals surface area contributed by atoms with Crippen molar-refractivity contribution >= 4 is 14.1 Å². The maximum Gasteiger partial charge on any atom is 0.192 e. The summed E-state index contributed by atoms with van der Waals surface area (Å²) in [5, 5.41) is 23.8. The first-order valence-corrected chi connectivity index (χ1v) is 15.4. The minimum Gasteiger partial charge on any atom is -0.413 e. The van der Waals surface area contributed by atoms with Crippen LogP contribution in [0.5, 0.6) is 0 Å². The first kappa shape index (κ1) is 25.3. The number of rotatable bonds is 4. The quantitative estimate of drug-likeness (QED) is 0.462. The van der Waals surface area contributed by atoms with Crippen molar-refractivity contribution in [2.24, 2.45) is 34.5 Å². The Morgan fingerprint density at radius 3 is 2.39 bits per heavy atom. The molecule has 2 bridgehead atoms. The lowest BCUT2D eigenvalue weighted by Crippen LogP contribution is -2.65. The molecule has 0 saturated heterocycles. The second-order valence-corrected chi connectivity index (χ2v) is 18.2. The monoisotopic (exact) mass is 476 g/mol. The number of fused-ring (bicyclic) bond motifs is 3. The number of hydrogen-bond acceptors (Lipinski definition) is 5. The molecule has 0 aromatic rings. The van der Waals surface area contributed by atoms with E-state index in [2.05, 4.69) is 60.7 Å². The summed E-state index contributed by atoms with van der Waals surface area (Å²) in [5.41, 5.74) is -1.39. The summed E-state index contributed by atoms with van der Waals surface area (Å²) in [7, 11) is -0.517. The molecule has 5 nitrogen and oxygen atoms in total. The van der Waals surface area contributed by atoms with E-state index in [0.717, 1.165) is 12.0 Å². The van der Waals surface area contributed by atoms with Gasteiger partial charge in [-0.25, -0.2) is 0 Å². The molecule has 4 rings (SSSR count). The van der Waals surface area contributed by atoms with Crippen LogP contribution in [0.4, 0.5) is 0 Å². The first-order chi connectivity index (χ1) is 15.0. The number of aliphatic hydroxyl groups is 2. The zero-order valence-corrected chi connectivity index (χ0v) is 23.2. The van der Waals surface area contributed by atoms with E-state index in [4.69, 9.17) is 9.16 Å². The van der Waals surface area contributed by atoms with Gasteiger partial charge in [-0.15, -0.1) is 0 Å². The summed E-state index contributed by atoms with van der Waals surface area (Å²) in [6.07, 6.45) is 2.82. The summed E-state index contributed by atoms with van der Waals surface area (Å²) in [6.45, 7) is 19.7. The molecule has 4 aliphatic rings. The van der Waals surface area contributed by atoms with Gasteiger partial charge in [0.1, 0.15) is 17.8 Å². The smallest absolute Gasteiger partial charge is 0.192 e. The average Bonchev–Trinajstić information content (AvgIpc) is 3.20. The fourth-order valence-corrected chi connectivity index (χ4v) is 8.17. The van der Waals surface area contributed by atoms with Gasteiger partial charge in [-0.1, -0.05) is 53.7 Å². The van der Waals surface area contributed by atoms with Gasteiger partial charge in [-0.05, 0) is 65.8 Å². The zero-order chi connectivity index (χ0) is 24.9. The van der Waals surface area contributed by atoms with Crippen molar-refractivity contribution in [3.63, 3.8) is 0 Å². The molecule has 0 amide bonds. The van der Waals surface area contributed by atoms with Crippen LogP contribution < -0.4 is 0 Å². The zero-order valence-electron chi connectivity index (χ0n) is 22.2. The molecule has 2 N–H and O–H groups in total. The van der Waals surface area contributed by atoms with Crippen molar-refractivity contribution < 1.29 is 24.2 Å². The van der Waals surface area contributed by atoms with E-state index >= 15 is 0 Å². The Morgan fingerprint density at radius 1 is 1.24 bits per heavy atom. The van der Waals surface area contributed by atoms with E-state index < -0.39 is 31.5 Å². The van der Waals surface area contributed by atoms with Gasteiger partial charge in [0.15, 0.2) is 14.1 Å². The highest BCUT2D eigenvalue weighted by Gasteiger charge is 2.75. The Labute approximate surface area is 200 Å². The Bertz CT molecular complexity index is 912. The van der Waals surface area contributed by atoms with Crippen LogP contribution in [0, 0.1) is 34.5 Å². The third-order valence-electron chi connectivity index (χ3n) is 10.4. The van der Waals surface area contributed by atoms with Crippen molar-refractivity contribution in [1.29, 1.82) is 0 Å². The molecule has 0 aliphatic heterocycles. The minimum atomic E-state index is -2.09. The lowest BCUT2D eigenvalue weighted by Gasteiger charge is -2.49. The fourth-order valence-electron chi connectivity index (χ4n) is 7.21. The van der Waals surface area contributed by atoms with Crippen LogP contribution in [0.3, 0.4) is 0 Å². The molecule has 0 aromatic carbocycles. The summed E-state index contributed by atoms with van der Waals surface area (Å²) in [6, 6.07) is 0. The average molecular weight is 477 g/mol. The van der Waals surface area contributed by atoms with E-state index in [-0.39, 0.29) is 34.0 Å². The number of hydrogen-bond donors (Lipinski definition) is 2. The fraction of sp³-hybridized carbons (Fsp3) is 0.815. The number of methoxy groups -OCH3 is 1. The van der Waals surface area contributed by atoms with Crippen molar-refractivity contribution in [2.75, 3.05) is 13.7 Å². The van der Waals surface area contributed by atoms with Gasteiger partial charge in [0.2, 0.25) is 0 Å². The van der Waals surface area contributed by atoms with Gasteiger partial charge in [0.25, 0.3) is 0 Å². The number of ether oxygens (including phenoxy) is 1. The lowest BCUT2D eigenvalue weighted by molar-refractivity contribution is -0.195. The summed E-state index contributed by atoms with van der Waals surface area (Å²) < 4.78 is 12.6. The molecule has 2 saturated carbocycles. The SMILES string of the molecule is CO[C@@H]1C(CO[Si](C)(C)C(C)(C)C)=C[C@@H]2C(=O)[C@@]3(C=C(C)[C@H](O)[C@@]13O)[C@H](C)C[C@@H]1[C@H]2C1(C)C. The second kappa shape index (κ2) is 7.36. The third-order valence-corrected chi connectivity index (χ3v) is 14.8. The Morgan fingerprint density at radius 2 is 1.85 bits per heavy atom. The molecule has 33 heavy (non-hydrogen) atoms. The number of carbonyl (C=O) groups excluding carboxylic acids is 1. The van der Waals surface area contributed by atoms with Crippen LogP contribution in [0.25, 0.3) is 0 Å². The van der Waals surface area contributed by atoms with Crippen molar-refractivity contribution in [2.45, 2.75) is 90.8 Å². The summed E-state index contributed by atoms with van der Waals surface area (Å²) in [4.78, 5) is 14.4. The van der Waals surface area contributed by atoms with Crippen LogP contribution in [-0.4, -0.2) is 55.8 Å². The molecule has 4 aliphatic carbocycles. The van der Waals surface area contributed by atoms with Gasteiger partial charge in [-0.2, -0.15) is 0 Å². The van der Waals surface area contributed by atoms with Crippen molar-refractivity contribution in [3.8, 4) is 0 Å². The minimum absolute atomic E-state index is 0.0330. The predicted octanol–water partition coefficient (Wildman–Crippen LogP) is 4.50. The molecule has 0 aromatic heterocycles. The van der Waals surface area contributed by atoms with Crippen LogP contribution >= 0.6 is 0 Å². The van der Waals surface area contributed by atoms with Crippen LogP contribution in [0.15, 0.2) is 23.3 Å². The van der Waals surface area contributed by atoms with Gasteiger partial charge in [0, 0.05) is 13.0 Å². The number of aliphatic hydroxyl groups excluding tert-OH is 1. The predicted molar refractivity (Wildman–Crippen MR) is 132 cm³/mol. The van der Waals surface area contributed by atoms with E-state index in [0.29, 0.717) is 18.1 Å². The van der Waals surface area contributed by atoms with E-state index in [1.807, 2.05) is 13.0 Å². The van der Waals surface area contributed by atoms with Crippen LogP contribution in [0.1, 0.15) is 54.9 Å². The number of allylic oxidation sites excluding steroid dienone is 1. The Kier molecular flexibility index (Phi) is 5.64. The molecule has 6 heteroatoms. The first-order valence-electron chi connectivity index (χ1n) is 12.5. The molecule has 0 heterocycles. The standard InChI is InChI=1S/C27H44O5Si/c1-15-13-26-16(2)11-19-20(25(19,6)7)18(22(26)29)12-17(14-32-33(9,10)24(3,4)5)23(31-8)27(26,30)21(15)28/h12-13,16,18-21,23,28,30H,11,14H2,1-10H3/t16-,18+,19-,20+,21+,23-,26-,27-/m1/s1. The molecule has 0 unspecified atom stereocenters. The topological polar surface area (TPSA) is 76.0 Å². The molecule has 186 valence electrons.